The predicted molar refractivity (Wildman–Crippen MR) is 101 cm³/mol. The van der Waals surface area contributed by atoms with Gasteiger partial charge in [-0.2, -0.15) is 0 Å². The third kappa shape index (κ3) is 7.45. The van der Waals surface area contributed by atoms with Crippen LogP contribution >= 0.6 is 0 Å². The van der Waals surface area contributed by atoms with E-state index in [9.17, 15) is 9.90 Å². The molecule has 2 rings (SSSR count). The SMILES string of the molecule is CC(CCNC(=O)NCC1CCCC(O)C1)N(C)Cc1ccccc1. The quantitative estimate of drug-likeness (QED) is 0.677. The minimum atomic E-state index is -0.190. The predicted octanol–water partition coefficient (Wildman–Crippen LogP) is 2.75. The molecule has 1 saturated carbocycles. The van der Waals surface area contributed by atoms with Gasteiger partial charge in [-0.1, -0.05) is 36.8 Å². The van der Waals surface area contributed by atoms with Crippen LogP contribution in [-0.2, 0) is 6.54 Å². The van der Waals surface area contributed by atoms with Gasteiger partial charge in [0.15, 0.2) is 0 Å². The third-order valence-electron chi connectivity index (χ3n) is 5.18. The Morgan fingerprint density at radius 1 is 1.28 bits per heavy atom. The van der Waals surface area contributed by atoms with Gasteiger partial charge in [0.1, 0.15) is 0 Å². The van der Waals surface area contributed by atoms with Crippen LogP contribution in [-0.4, -0.2) is 48.3 Å². The minimum absolute atomic E-state index is 0.0991. The number of amides is 2. The van der Waals surface area contributed by atoms with Crippen LogP contribution < -0.4 is 10.6 Å². The molecular weight excluding hydrogens is 314 g/mol. The fourth-order valence-electron chi connectivity index (χ4n) is 3.39. The topological polar surface area (TPSA) is 64.6 Å². The first-order valence-corrected chi connectivity index (χ1v) is 9.48. The summed E-state index contributed by atoms with van der Waals surface area (Å²) in [5.41, 5.74) is 1.30. The van der Waals surface area contributed by atoms with Crippen LogP contribution in [0.5, 0.6) is 0 Å². The summed E-state index contributed by atoms with van der Waals surface area (Å²) < 4.78 is 0. The van der Waals surface area contributed by atoms with E-state index >= 15 is 0 Å². The molecule has 25 heavy (non-hydrogen) atoms. The van der Waals surface area contributed by atoms with E-state index in [1.807, 2.05) is 6.07 Å². The molecule has 140 valence electrons. The summed E-state index contributed by atoms with van der Waals surface area (Å²) in [4.78, 5) is 14.2. The Balaban J connectivity index is 1.58. The van der Waals surface area contributed by atoms with Crippen molar-refractivity contribution >= 4 is 6.03 Å². The Bertz CT molecular complexity index is 509. The number of rotatable bonds is 8. The van der Waals surface area contributed by atoms with Gasteiger partial charge in [0.05, 0.1) is 6.10 Å². The van der Waals surface area contributed by atoms with Crippen LogP contribution in [0.1, 0.15) is 44.6 Å². The number of carbonyl (C=O) groups is 1. The largest absolute Gasteiger partial charge is 0.393 e. The van der Waals surface area contributed by atoms with Crippen molar-refractivity contribution in [3.05, 3.63) is 35.9 Å². The molecule has 0 aromatic heterocycles. The molecule has 3 atom stereocenters. The van der Waals surface area contributed by atoms with Crippen molar-refractivity contribution in [2.75, 3.05) is 20.1 Å². The Kier molecular flexibility index (Phi) is 8.22. The molecule has 5 nitrogen and oxygen atoms in total. The van der Waals surface area contributed by atoms with Gasteiger partial charge in [-0.3, -0.25) is 4.90 Å². The van der Waals surface area contributed by atoms with E-state index in [0.717, 1.165) is 38.6 Å². The average Bonchev–Trinajstić information content (AvgIpc) is 2.61. The lowest BCUT2D eigenvalue weighted by Crippen LogP contribution is -2.41. The van der Waals surface area contributed by atoms with E-state index in [2.05, 4.69) is 53.8 Å². The Morgan fingerprint density at radius 2 is 2.04 bits per heavy atom. The molecule has 0 heterocycles. The van der Waals surface area contributed by atoms with E-state index in [1.54, 1.807) is 0 Å². The van der Waals surface area contributed by atoms with Gasteiger partial charge in [-0.05, 0) is 51.1 Å². The molecule has 1 aliphatic rings. The summed E-state index contributed by atoms with van der Waals surface area (Å²) >= 11 is 0. The van der Waals surface area contributed by atoms with Crippen molar-refractivity contribution in [2.24, 2.45) is 5.92 Å². The highest BCUT2D eigenvalue weighted by molar-refractivity contribution is 5.73. The first kappa shape index (κ1) is 19.7. The van der Waals surface area contributed by atoms with E-state index in [-0.39, 0.29) is 12.1 Å². The smallest absolute Gasteiger partial charge is 0.314 e. The number of nitrogens with one attached hydrogen (secondary N) is 2. The number of aliphatic hydroxyl groups excluding tert-OH is 1. The molecule has 3 N–H and O–H groups in total. The second-order valence-corrected chi connectivity index (χ2v) is 7.36. The van der Waals surface area contributed by atoms with Crippen molar-refractivity contribution in [1.82, 2.24) is 15.5 Å². The van der Waals surface area contributed by atoms with Crippen LogP contribution in [0, 0.1) is 5.92 Å². The van der Waals surface area contributed by atoms with Gasteiger partial charge in [0.25, 0.3) is 0 Å². The maximum atomic E-state index is 11.9. The monoisotopic (exact) mass is 347 g/mol. The van der Waals surface area contributed by atoms with Gasteiger partial charge in [0, 0.05) is 25.7 Å². The molecule has 1 aliphatic carbocycles. The van der Waals surface area contributed by atoms with E-state index < -0.39 is 0 Å². The molecular formula is C20H33N3O2. The summed E-state index contributed by atoms with van der Waals surface area (Å²) in [7, 11) is 2.12. The summed E-state index contributed by atoms with van der Waals surface area (Å²) in [5.74, 6) is 0.408. The van der Waals surface area contributed by atoms with Crippen molar-refractivity contribution in [3.63, 3.8) is 0 Å². The molecule has 0 spiro atoms. The lowest BCUT2D eigenvalue weighted by atomic mass is 9.87. The molecule has 2 amide bonds. The van der Waals surface area contributed by atoms with Gasteiger partial charge in [-0.25, -0.2) is 4.79 Å². The fourth-order valence-corrected chi connectivity index (χ4v) is 3.39. The first-order chi connectivity index (χ1) is 12.0. The zero-order valence-electron chi connectivity index (χ0n) is 15.6. The second-order valence-electron chi connectivity index (χ2n) is 7.36. The molecule has 0 saturated heterocycles. The maximum Gasteiger partial charge on any atom is 0.314 e. The van der Waals surface area contributed by atoms with Crippen LogP contribution in [0.4, 0.5) is 4.79 Å². The standard InChI is InChI=1S/C20H33N3O2/c1-16(23(2)15-17-7-4-3-5-8-17)11-12-21-20(25)22-14-18-9-6-10-19(24)13-18/h3-5,7-8,16,18-19,24H,6,9-15H2,1-2H3,(H2,21,22,25). The number of hydrogen-bond acceptors (Lipinski definition) is 3. The van der Waals surface area contributed by atoms with Crippen molar-refractivity contribution < 1.29 is 9.90 Å². The normalized spacial score (nSPS) is 21.8. The Morgan fingerprint density at radius 3 is 2.76 bits per heavy atom. The van der Waals surface area contributed by atoms with Gasteiger partial charge >= 0.3 is 6.03 Å². The highest BCUT2D eigenvalue weighted by Crippen LogP contribution is 2.23. The van der Waals surface area contributed by atoms with E-state index in [0.29, 0.717) is 25.0 Å². The molecule has 1 fully saturated rings. The number of hydrogen-bond donors (Lipinski definition) is 3. The van der Waals surface area contributed by atoms with Crippen LogP contribution in [0.3, 0.4) is 0 Å². The molecule has 0 bridgehead atoms. The molecule has 0 radical (unpaired) electrons. The molecule has 5 heteroatoms. The lowest BCUT2D eigenvalue weighted by molar-refractivity contribution is 0.101. The minimum Gasteiger partial charge on any atom is -0.393 e. The summed E-state index contributed by atoms with van der Waals surface area (Å²) in [6.45, 7) is 4.43. The van der Waals surface area contributed by atoms with Gasteiger partial charge < -0.3 is 15.7 Å². The van der Waals surface area contributed by atoms with Crippen molar-refractivity contribution in [2.45, 2.75) is 57.7 Å². The molecule has 1 aromatic carbocycles. The molecule has 0 aliphatic heterocycles. The van der Waals surface area contributed by atoms with Crippen molar-refractivity contribution in [1.29, 1.82) is 0 Å². The van der Waals surface area contributed by atoms with Gasteiger partial charge in [-0.15, -0.1) is 0 Å². The average molecular weight is 348 g/mol. The van der Waals surface area contributed by atoms with E-state index in [4.69, 9.17) is 0 Å². The van der Waals surface area contributed by atoms with Gasteiger partial charge in [0.2, 0.25) is 0 Å². The highest BCUT2D eigenvalue weighted by atomic mass is 16.3. The summed E-state index contributed by atoms with van der Waals surface area (Å²) in [6, 6.07) is 10.7. The number of urea groups is 1. The van der Waals surface area contributed by atoms with E-state index in [1.165, 1.54) is 5.56 Å². The zero-order chi connectivity index (χ0) is 18.1. The Hall–Kier alpha value is -1.59. The van der Waals surface area contributed by atoms with Crippen LogP contribution in [0.2, 0.25) is 0 Å². The number of nitrogens with zero attached hydrogens (tertiary/aromatic N) is 1. The molecule has 1 aromatic rings. The lowest BCUT2D eigenvalue weighted by Gasteiger charge is -2.26. The second kappa shape index (κ2) is 10.4. The number of benzene rings is 1. The number of carbonyl (C=O) groups excluding carboxylic acids is 1. The summed E-state index contributed by atoms with van der Waals surface area (Å²) in [6.07, 6.45) is 4.58. The maximum absolute atomic E-state index is 11.9. The Labute approximate surface area is 151 Å². The first-order valence-electron chi connectivity index (χ1n) is 9.48. The highest BCUT2D eigenvalue weighted by Gasteiger charge is 2.20. The zero-order valence-corrected chi connectivity index (χ0v) is 15.6. The molecule has 3 unspecified atom stereocenters. The third-order valence-corrected chi connectivity index (χ3v) is 5.18. The van der Waals surface area contributed by atoms with Crippen LogP contribution in [0.15, 0.2) is 30.3 Å². The van der Waals surface area contributed by atoms with Crippen molar-refractivity contribution in [3.8, 4) is 0 Å². The number of aliphatic hydroxyl groups is 1. The summed E-state index contributed by atoms with van der Waals surface area (Å²) in [5, 5.41) is 15.6. The van der Waals surface area contributed by atoms with Crippen LogP contribution in [0.25, 0.3) is 0 Å². The fraction of sp³-hybridized carbons (Fsp3) is 0.650.